The van der Waals surface area contributed by atoms with Gasteiger partial charge in [-0.05, 0) is 330 Å². The lowest BCUT2D eigenvalue weighted by Gasteiger charge is -2.33. The van der Waals surface area contributed by atoms with Gasteiger partial charge in [0.05, 0.1) is 66.1 Å². The van der Waals surface area contributed by atoms with E-state index in [4.69, 9.17) is 37.4 Å². The van der Waals surface area contributed by atoms with Gasteiger partial charge in [0.15, 0.2) is 0 Å². The third-order valence-corrected chi connectivity index (χ3v) is 37.9. The predicted molar refractivity (Wildman–Crippen MR) is 545 cm³/mol. The van der Waals surface area contributed by atoms with Gasteiger partial charge in [0.25, 0.3) is 0 Å². The summed E-state index contributed by atoms with van der Waals surface area (Å²) < 4.78 is 232. The molecule has 4 aliphatic rings. The molecule has 0 radical (unpaired) electrons. The maximum absolute atomic E-state index is 13.7. The standard InChI is InChI=1S/C27H29N3O5S2.C26H26ClN3O5S2.C25H23ClFN3O5S2.C24H27N5O2S2/c1-19-4-7-25(8-5-19)37(33,34)30-12-10-23(11-13-30)29-36(31,32)27-17-22(18-28)6-9-26(27)35-24-15-20(2)14-21(3)16-24;1-18-3-6-24(7-4-18)37(33,34)30-11-9-22(10-12-30)29-36(31,32)26-15-20(17-28)5-8-25(26)35-23-14-19(2)13-21(27)16-23;1-17-11-19(26)14-22(12-17)35-24-6-5-18(16-28)13-25(24)36(31,32)29-21-7-9-30(10-8-21)37(33,34)23-4-2-3-20(27)15-23;1-16-11-17(2)13-22(12-16)32-23-6-5-20(15-25)14-24(23)33(30,31)28-9-7-21(8-10-28)29-18(3)26-27-19(29)4/h4-9,14-17,23,29H,10-13H2,1-3H3;3-8,13-16,22,29H,9-12H2,1-2H3;2-6,11-15,21,29H,7-10H2,1H3;5-6,11-14,21H,7-10H2,1-4H3. The van der Waals surface area contributed by atoms with Crippen LogP contribution in [0.25, 0.3) is 0 Å². The van der Waals surface area contributed by atoms with Crippen LogP contribution in [-0.4, -0.2) is 161 Å². The first-order valence-corrected chi connectivity index (χ1v) is 57.3. The second kappa shape index (κ2) is 46.7. The molecule has 1 aromatic heterocycles. The zero-order chi connectivity index (χ0) is 104. The number of sulfonamides is 7. The number of rotatable bonds is 26. The molecule has 4 fully saturated rings. The van der Waals surface area contributed by atoms with E-state index < -0.39 is 94.1 Å². The van der Waals surface area contributed by atoms with Gasteiger partial charge in [0, 0.05) is 96.4 Å². The van der Waals surface area contributed by atoms with Crippen LogP contribution in [0.5, 0.6) is 34.5 Å². The highest BCUT2D eigenvalue weighted by molar-refractivity contribution is 8.00. The fourth-order valence-electron chi connectivity index (χ4n) is 17.0. The lowest BCUT2D eigenvalue weighted by Crippen LogP contribution is -2.46. The Kier molecular flexibility index (Phi) is 35.5. The van der Waals surface area contributed by atoms with Gasteiger partial charge in [0.2, 0.25) is 70.2 Å². The Morgan fingerprint density at radius 1 is 0.333 bits per heavy atom. The first-order chi connectivity index (χ1) is 68.1. The first kappa shape index (κ1) is 109. The molecular weight excluding hydrogens is 2040 g/mol. The van der Waals surface area contributed by atoms with Crippen molar-refractivity contribution in [2.45, 2.75) is 189 Å². The largest absolute Gasteiger partial charge is 0.456 e. The zero-order valence-electron chi connectivity index (χ0n) is 80.2. The van der Waals surface area contributed by atoms with E-state index in [0.717, 1.165) is 73.2 Å². The van der Waals surface area contributed by atoms with E-state index in [2.05, 4.69) is 41.1 Å². The molecule has 3 N–H and O–H groups in total. The number of benzene rings is 11. The van der Waals surface area contributed by atoms with Crippen molar-refractivity contribution in [3.05, 3.63) is 313 Å². The molecule has 0 spiro atoms. The van der Waals surface area contributed by atoms with Crippen LogP contribution in [0.2, 0.25) is 10.0 Å². The summed E-state index contributed by atoms with van der Waals surface area (Å²) in [6.07, 6.45) is 3.01. The normalized spacial score (nSPS) is 15.3. The van der Waals surface area contributed by atoms with Crippen molar-refractivity contribution in [1.29, 1.82) is 21.0 Å². The van der Waals surface area contributed by atoms with Crippen LogP contribution >= 0.6 is 35.0 Å². The SMILES string of the molecule is Cc1cc(C)cc(Sc2ccc(C#N)cc2S(=O)(=O)N2CCC(n3c(C)nnc3C)CC2)c1.Cc1cc(Cl)cc(Oc2ccc(C#N)cc2S(=O)(=O)NC2CCN(S(=O)(=O)c3cccc(F)c3)CC2)c1.Cc1ccc(S(=O)(=O)N2CCC(NS(=O)(=O)c3cc(C#N)ccc3Oc3cc(C)cc(C)c3)CC2)cc1.Cc1ccc(S(=O)(=O)N2CCC(NS(=O)(=O)c3cc(C#N)ccc3Oc3cc(C)cc(Cl)c3)CC2)cc1. The first-order valence-electron chi connectivity index (χ1n) is 45.6. The van der Waals surface area contributed by atoms with Gasteiger partial charge in [0.1, 0.15) is 66.6 Å². The molecule has 4 saturated heterocycles. The van der Waals surface area contributed by atoms with Crippen molar-refractivity contribution in [2.75, 3.05) is 52.4 Å². The zero-order valence-corrected chi connectivity index (χ0v) is 88.2. The van der Waals surface area contributed by atoms with E-state index in [1.807, 2.05) is 106 Å². The van der Waals surface area contributed by atoms with Crippen LogP contribution in [0.4, 0.5) is 4.39 Å². The number of aromatic nitrogens is 3. The van der Waals surface area contributed by atoms with Crippen molar-refractivity contribution in [3.63, 3.8) is 0 Å². The summed E-state index contributed by atoms with van der Waals surface area (Å²) in [4.78, 5) is 1.54. The van der Waals surface area contributed by atoms with Gasteiger partial charge in [-0.15, -0.1) is 10.2 Å². The van der Waals surface area contributed by atoms with Crippen LogP contribution in [0.15, 0.2) is 262 Å². The third-order valence-electron chi connectivity index (χ3n) is 24.0. The predicted octanol–water partition coefficient (Wildman–Crippen LogP) is 18.3. The molecule has 11 aromatic carbocycles. The lowest BCUT2D eigenvalue weighted by molar-refractivity contribution is 0.268. The molecule has 754 valence electrons. The van der Waals surface area contributed by atoms with Crippen LogP contribution < -0.4 is 28.4 Å². The second-order valence-electron chi connectivity index (χ2n) is 35.4. The molecule has 12 aromatic rings. The molecule has 42 heteroatoms. The van der Waals surface area contributed by atoms with Gasteiger partial charge in [-0.25, -0.2) is 77.5 Å². The maximum atomic E-state index is 13.7. The average molecular weight is 2150 g/mol. The van der Waals surface area contributed by atoms with Gasteiger partial charge in [-0.3, -0.25) is 0 Å². The molecule has 0 aliphatic carbocycles. The summed E-state index contributed by atoms with van der Waals surface area (Å²) in [5.74, 6) is 2.40. The molecular formula is C102H105Cl2FN14O17S8. The number of hydrogen-bond donors (Lipinski definition) is 3. The third kappa shape index (κ3) is 27.7. The Morgan fingerprint density at radius 3 is 0.979 bits per heavy atom. The molecule has 144 heavy (non-hydrogen) atoms. The van der Waals surface area contributed by atoms with Gasteiger partial charge < -0.3 is 18.8 Å². The second-order valence-corrected chi connectivity index (χ2v) is 50.1. The van der Waals surface area contributed by atoms with Gasteiger partial charge in [-0.1, -0.05) is 88.6 Å². The smallest absolute Gasteiger partial charge is 0.244 e. The highest BCUT2D eigenvalue weighted by Gasteiger charge is 2.39. The molecule has 16 rings (SSSR count). The summed E-state index contributed by atoms with van der Waals surface area (Å²) in [6.45, 7) is 20.8. The van der Waals surface area contributed by atoms with Crippen LogP contribution in [-0.2, 0) is 70.2 Å². The van der Waals surface area contributed by atoms with Gasteiger partial charge >= 0.3 is 0 Å². The Bertz CT molecular complexity index is 7540. The summed E-state index contributed by atoms with van der Waals surface area (Å²) in [7, 11) is -27.3. The number of aryl methyl sites for hydroxylation is 10. The fraction of sp³-hybridized carbons (Fsp3) is 0.294. The quantitative estimate of drug-likeness (QED) is 0.0453. The summed E-state index contributed by atoms with van der Waals surface area (Å²) in [6, 6.07) is 63.8. The minimum atomic E-state index is -4.15. The van der Waals surface area contributed by atoms with E-state index in [9.17, 15) is 84.4 Å². The van der Waals surface area contributed by atoms with Crippen molar-refractivity contribution < 1.29 is 77.5 Å². The Morgan fingerprint density at radius 2 is 0.639 bits per heavy atom. The number of halogens is 3. The Labute approximate surface area is 855 Å². The topological polar surface area (TPSA) is 442 Å². The fourth-order valence-corrected chi connectivity index (χ4v) is 29.4. The molecule has 4 aliphatic heterocycles. The van der Waals surface area contributed by atoms with Crippen LogP contribution in [0.1, 0.15) is 136 Å². The molecule has 0 amide bonds. The summed E-state index contributed by atoms with van der Waals surface area (Å²) in [5.41, 5.74) is 8.59. The highest BCUT2D eigenvalue weighted by atomic mass is 35.5. The number of nitriles is 4. The summed E-state index contributed by atoms with van der Waals surface area (Å²) >= 11 is 13.6. The average Bonchev–Trinajstić information content (AvgIpc) is 1.32. The number of piperidine rings is 4. The lowest BCUT2D eigenvalue weighted by atomic mass is 10.1. The molecule has 0 saturated carbocycles. The van der Waals surface area contributed by atoms with E-state index >= 15 is 0 Å². The van der Waals surface area contributed by atoms with Crippen molar-refractivity contribution in [1.82, 2.24) is 46.2 Å². The minimum Gasteiger partial charge on any atom is -0.456 e. The maximum Gasteiger partial charge on any atom is 0.244 e. The van der Waals surface area contributed by atoms with Gasteiger partial charge in [-0.2, -0.15) is 38.3 Å². The van der Waals surface area contributed by atoms with Crippen LogP contribution in [0.3, 0.4) is 0 Å². The Hall–Kier alpha value is -11.9. The number of nitrogens with one attached hydrogen (secondary N) is 3. The van der Waals surface area contributed by atoms with Crippen molar-refractivity contribution in [2.24, 2.45) is 0 Å². The molecule has 0 bridgehead atoms. The van der Waals surface area contributed by atoms with Crippen molar-refractivity contribution in [3.8, 4) is 58.8 Å². The number of ether oxygens (including phenoxy) is 3. The Balaban J connectivity index is 0.000000161. The molecule has 5 heterocycles. The summed E-state index contributed by atoms with van der Waals surface area (Å²) in [5, 5.41) is 46.5. The van der Waals surface area contributed by atoms with Crippen molar-refractivity contribution >= 4 is 105 Å². The van der Waals surface area contributed by atoms with Crippen LogP contribution in [0, 0.1) is 120 Å². The van der Waals surface area contributed by atoms with E-state index in [1.54, 1.807) is 113 Å². The van der Waals surface area contributed by atoms with E-state index in [0.29, 0.717) is 89.4 Å². The molecule has 0 unspecified atom stereocenters. The van der Waals surface area contributed by atoms with E-state index in [1.165, 1.54) is 97.5 Å². The monoisotopic (exact) mass is 2140 g/mol. The minimum absolute atomic E-state index is 0.0132. The molecule has 31 nitrogen and oxygen atoms in total. The number of nitrogens with zero attached hydrogens (tertiary/aromatic N) is 11. The highest BCUT2D eigenvalue weighted by Crippen LogP contribution is 2.41. The number of hydrogen-bond acceptors (Lipinski definition) is 24. The van der Waals surface area contributed by atoms with E-state index in [-0.39, 0.29) is 126 Å². The molecule has 0 atom stereocenters.